The molecule has 0 radical (unpaired) electrons. The molecule has 0 aromatic heterocycles. The largest absolute Gasteiger partial charge is 0.355 e. The summed E-state index contributed by atoms with van der Waals surface area (Å²) in [7, 11) is 0. The zero-order valence-corrected chi connectivity index (χ0v) is 13.8. The Hall–Kier alpha value is -1.46. The van der Waals surface area contributed by atoms with E-state index in [0.29, 0.717) is 18.1 Å². The fourth-order valence-electron chi connectivity index (χ4n) is 1.77. The second-order valence-electron chi connectivity index (χ2n) is 4.63. The molecule has 0 aliphatic carbocycles. The van der Waals surface area contributed by atoms with Gasteiger partial charge in [0.05, 0.1) is 5.75 Å². The quantitative estimate of drug-likeness (QED) is 0.585. The highest BCUT2D eigenvalue weighted by molar-refractivity contribution is 7.99. The molecule has 2 aromatic carbocycles. The van der Waals surface area contributed by atoms with E-state index in [1.807, 2.05) is 18.2 Å². The molecular formula is C17H18FNOS2. The summed E-state index contributed by atoms with van der Waals surface area (Å²) in [5.41, 5.74) is 1.03. The average Bonchev–Trinajstić information content (AvgIpc) is 2.54. The minimum atomic E-state index is -0.234. The van der Waals surface area contributed by atoms with Gasteiger partial charge in [-0.25, -0.2) is 4.39 Å². The maximum absolute atomic E-state index is 12.8. The topological polar surface area (TPSA) is 29.1 Å². The lowest BCUT2D eigenvalue weighted by Gasteiger charge is -2.05. The van der Waals surface area contributed by atoms with Gasteiger partial charge in [0.15, 0.2) is 0 Å². The van der Waals surface area contributed by atoms with Crippen molar-refractivity contribution in [1.29, 1.82) is 0 Å². The molecule has 0 saturated carbocycles. The number of hydrogen-bond donors (Lipinski definition) is 1. The lowest BCUT2D eigenvalue weighted by molar-refractivity contribution is -0.118. The van der Waals surface area contributed by atoms with Crippen molar-refractivity contribution in [1.82, 2.24) is 5.32 Å². The number of rotatable bonds is 8. The van der Waals surface area contributed by atoms with E-state index in [0.717, 1.165) is 11.3 Å². The van der Waals surface area contributed by atoms with Gasteiger partial charge in [0.25, 0.3) is 0 Å². The van der Waals surface area contributed by atoms with Gasteiger partial charge in [-0.3, -0.25) is 4.79 Å². The summed E-state index contributed by atoms with van der Waals surface area (Å²) in [5.74, 6) is 1.81. The molecule has 0 atom stereocenters. The second kappa shape index (κ2) is 9.54. The molecule has 1 amide bonds. The number of thioether (sulfide) groups is 2. The van der Waals surface area contributed by atoms with Gasteiger partial charge >= 0.3 is 0 Å². The van der Waals surface area contributed by atoms with E-state index in [4.69, 9.17) is 0 Å². The van der Waals surface area contributed by atoms with Crippen molar-refractivity contribution in [2.75, 3.05) is 18.1 Å². The van der Waals surface area contributed by atoms with Crippen molar-refractivity contribution in [2.45, 2.75) is 10.6 Å². The van der Waals surface area contributed by atoms with E-state index in [2.05, 4.69) is 17.4 Å². The van der Waals surface area contributed by atoms with Crippen LogP contribution in [0.25, 0.3) is 0 Å². The molecule has 0 unspecified atom stereocenters. The highest BCUT2D eigenvalue weighted by Gasteiger charge is 2.02. The lowest BCUT2D eigenvalue weighted by Crippen LogP contribution is -2.27. The first-order chi connectivity index (χ1) is 10.7. The van der Waals surface area contributed by atoms with E-state index in [1.165, 1.54) is 28.8 Å². The van der Waals surface area contributed by atoms with E-state index in [9.17, 15) is 9.18 Å². The number of carbonyl (C=O) groups is 1. The van der Waals surface area contributed by atoms with Gasteiger partial charge in [0.1, 0.15) is 5.82 Å². The van der Waals surface area contributed by atoms with Gasteiger partial charge < -0.3 is 5.32 Å². The monoisotopic (exact) mass is 335 g/mol. The van der Waals surface area contributed by atoms with Crippen LogP contribution in [0.5, 0.6) is 0 Å². The Kier molecular flexibility index (Phi) is 7.33. The Balaban J connectivity index is 1.55. The Bertz CT molecular complexity index is 575. The number of halogens is 1. The summed E-state index contributed by atoms with van der Waals surface area (Å²) in [6, 6.07) is 16.5. The zero-order valence-electron chi connectivity index (χ0n) is 12.1. The van der Waals surface area contributed by atoms with Crippen LogP contribution in [0.4, 0.5) is 4.39 Å². The van der Waals surface area contributed by atoms with E-state index >= 15 is 0 Å². The first-order valence-corrected chi connectivity index (χ1v) is 9.15. The second-order valence-corrected chi connectivity index (χ2v) is 6.78. The fourth-order valence-corrected chi connectivity index (χ4v) is 3.38. The molecule has 22 heavy (non-hydrogen) atoms. The Morgan fingerprint density at radius 3 is 2.50 bits per heavy atom. The summed E-state index contributed by atoms with van der Waals surface area (Å²) < 4.78 is 12.8. The molecule has 0 bridgehead atoms. The molecule has 0 heterocycles. The zero-order chi connectivity index (χ0) is 15.6. The summed E-state index contributed by atoms with van der Waals surface area (Å²) in [6.45, 7) is 0.662. The average molecular weight is 335 g/mol. The number of nitrogens with one attached hydrogen (secondary N) is 1. The van der Waals surface area contributed by atoms with Crippen LogP contribution >= 0.6 is 23.5 Å². The summed E-state index contributed by atoms with van der Waals surface area (Å²) in [6.07, 6.45) is 0. The van der Waals surface area contributed by atoms with Crippen LogP contribution in [0.3, 0.4) is 0 Å². The molecule has 5 heteroatoms. The third-order valence-corrected chi connectivity index (χ3v) is 4.87. The normalized spacial score (nSPS) is 10.4. The van der Waals surface area contributed by atoms with Gasteiger partial charge in [0.2, 0.25) is 5.91 Å². The first-order valence-electron chi connectivity index (χ1n) is 7.01. The lowest BCUT2D eigenvalue weighted by atomic mass is 10.2. The number of benzene rings is 2. The maximum Gasteiger partial charge on any atom is 0.230 e. The van der Waals surface area contributed by atoms with Crippen LogP contribution < -0.4 is 5.32 Å². The molecule has 0 saturated heterocycles. The van der Waals surface area contributed by atoms with Crippen LogP contribution in [0.2, 0.25) is 0 Å². The van der Waals surface area contributed by atoms with Gasteiger partial charge in [0, 0.05) is 22.9 Å². The first kappa shape index (κ1) is 16.9. The molecule has 2 rings (SSSR count). The van der Waals surface area contributed by atoms with Crippen LogP contribution in [-0.2, 0) is 10.5 Å². The predicted molar refractivity (Wildman–Crippen MR) is 92.7 cm³/mol. The number of carbonyl (C=O) groups excluding carboxylic acids is 1. The molecule has 2 nitrogen and oxygen atoms in total. The van der Waals surface area contributed by atoms with Crippen molar-refractivity contribution in [3.63, 3.8) is 0 Å². The summed E-state index contributed by atoms with van der Waals surface area (Å²) >= 11 is 3.26. The van der Waals surface area contributed by atoms with Gasteiger partial charge in [-0.05, 0) is 29.8 Å². The van der Waals surface area contributed by atoms with Crippen LogP contribution in [-0.4, -0.2) is 24.0 Å². The van der Waals surface area contributed by atoms with Crippen molar-refractivity contribution in [3.8, 4) is 0 Å². The molecule has 0 aliphatic rings. The Morgan fingerprint density at radius 2 is 1.77 bits per heavy atom. The predicted octanol–water partition coefficient (Wildman–Crippen LogP) is 3.97. The fraction of sp³-hybridized carbons (Fsp3) is 0.235. The molecule has 116 valence electrons. The van der Waals surface area contributed by atoms with Crippen LogP contribution in [0.15, 0.2) is 59.5 Å². The molecule has 1 N–H and O–H groups in total. The molecule has 0 fully saturated rings. The van der Waals surface area contributed by atoms with E-state index < -0.39 is 0 Å². The van der Waals surface area contributed by atoms with Gasteiger partial charge in [-0.2, -0.15) is 0 Å². The highest BCUT2D eigenvalue weighted by atomic mass is 32.2. The molecule has 0 spiro atoms. The summed E-state index contributed by atoms with van der Waals surface area (Å²) in [5, 5.41) is 2.91. The minimum absolute atomic E-state index is 0.0424. The molecular weight excluding hydrogens is 317 g/mol. The Labute approximate surface area is 138 Å². The van der Waals surface area contributed by atoms with E-state index in [1.54, 1.807) is 23.9 Å². The smallest absolute Gasteiger partial charge is 0.230 e. The highest BCUT2D eigenvalue weighted by Crippen LogP contribution is 2.16. The van der Waals surface area contributed by atoms with Crippen LogP contribution in [0, 0.1) is 5.82 Å². The van der Waals surface area contributed by atoms with Gasteiger partial charge in [-0.1, -0.05) is 30.3 Å². The minimum Gasteiger partial charge on any atom is -0.355 e. The van der Waals surface area contributed by atoms with Crippen molar-refractivity contribution < 1.29 is 9.18 Å². The maximum atomic E-state index is 12.8. The SMILES string of the molecule is O=C(CSCc1ccc(F)cc1)NCCSc1ccccc1. The van der Waals surface area contributed by atoms with E-state index in [-0.39, 0.29) is 11.7 Å². The summed E-state index contributed by atoms with van der Waals surface area (Å²) in [4.78, 5) is 12.9. The van der Waals surface area contributed by atoms with Crippen molar-refractivity contribution in [3.05, 3.63) is 66.0 Å². The molecule has 0 aliphatic heterocycles. The Morgan fingerprint density at radius 1 is 1.05 bits per heavy atom. The van der Waals surface area contributed by atoms with Gasteiger partial charge in [-0.15, -0.1) is 23.5 Å². The van der Waals surface area contributed by atoms with Crippen molar-refractivity contribution in [2.24, 2.45) is 0 Å². The third-order valence-electron chi connectivity index (χ3n) is 2.85. The number of hydrogen-bond acceptors (Lipinski definition) is 3. The molecule has 2 aromatic rings. The van der Waals surface area contributed by atoms with Crippen molar-refractivity contribution >= 4 is 29.4 Å². The third kappa shape index (κ3) is 6.54. The standard InChI is InChI=1S/C17H18FNOS2/c18-15-8-6-14(7-9-15)12-21-13-17(20)19-10-11-22-16-4-2-1-3-5-16/h1-9H,10-13H2,(H,19,20). The number of amides is 1. The van der Waals surface area contributed by atoms with Crippen LogP contribution in [0.1, 0.15) is 5.56 Å².